The molecule has 0 fully saturated rings. The van der Waals surface area contributed by atoms with Crippen molar-refractivity contribution < 1.29 is 4.42 Å². The van der Waals surface area contributed by atoms with Gasteiger partial charge in [-0.1, -0.05) is 6.08 Å². The molecule has 84 valence electrons. The molecule has 2 heterocycles. The number of nitrogens with one attached hydrogen (secondary N) is 1. The molecule has 0 aromatic carbocycles. The van der Waals surface area contributed by atoms with Crippen molar-refractivity contribution in [3.8, 4) is 0 Å². The minimum atomic E-state index is 0.831. The molecule has 3 nitrogen and oxygen atoms in total. The van der Waals surface area contributed by atoms with Crippen LogP contribution >= 0.6 is 11.3 Å². The average Bonchev–Trinajstić information content (AvgIpc) is 2.90. The number of hydrogen-bond acceptors (Lipinski definition) is 4. The van der Waals surface area contributed by atoms with Gasteiger partial charge in [-0.2, -0.15) is 0 Å². The highest BCUT2D eigenvalue weighted by Crippen LogP contribution is 2.10. The SMILES string of the molecule is Cc1ncsc1CNC/C=C/c1ccco1. The van der Waals surface area contributed by atoms with Crippen LogP contribution in [0.1, 0.15) is 16.3 Å². The van der Waals surface area contributed by atoms with Crippen molar-refractivity contribution in [1.82, 2.24) is 10.3 Å². The molecule has 0 aliphatic heterocycles. The molecule has 0 radical (unpaired) electrons. The van der Waals surface area contributed by atoms with E-state index in [-0.39, 0.29) is 0 Å². The highest BCUT2D eigenvalue weighted by molar-refractivity contribution is 7.09. The second-order valence-electron chi connectivity index (χ2n) is 3.41. The standard InChI is InChI=1S/C12H14N2OS/c1-10-12(16-9-14-10)8-13-6-2-4-11-5-3-7-15-11/h2-5,7,9,13H,6,8H2,1H3/b4-2+. The fraction of sp³-hybridized carbons (Fsp3) is 0.250. The van der Waals surface area contributed by atoms with Crippen molar-refractivity contribution in [2.24, 2.45) is 0 Å². The Morgan fingerprint density at radius 3 is 3.19 bits per heavy atom. The molecule has 0 spiro atoms. The Hall–Kier alpha value is -1.39. The molecule has 0 amide bonds. The van der Waals surface area contributed by atoms with Gasteiger partial charge in [0.2, 0.25) is 0 Å². The molecule has 0 aliphatic carbocycles. The van der Waals surface area contributed by atoms with Gasteiger partial charge in [0.05, 0.1) is 17.5 Å². The van der Waals surface area contributed by atoms with Crippen LogP contribution in [0.25, 0.3) is 6.08 Å². The summed E-state index contributed by atoms with van der Waals surface area (Å²) in [6.45, 7) is 3.74. The van der Waals surface area contributed by atoms with E-state index in [9.17, 15) is 0 Å². The molecule has 4 heteroatoms. The van der Waals surface area contributed by atoms with Gasteiger partial charge in [0.15, 0.2) is 0 Å². The van der Waals surface area contributed by atoms with Crippen LogP contribution in [0.5, 0.6) is 0 Å². The fourth-order valence-corrected chi connectivity index (χ4v) is 2.07. The normalized spacial score (nSPS) is 11.3. The van der Waals surface area contributed by atoms with Crippen molar-refractivity contribution in [3.05, 3.63) is 46.3 Å². The summed E-state index contributed by atoms with van der Waals surface area (Å²) in [5.41, 5.74) is 3.00. The van der Waals surface area contributed by atoms with Gasteiger partial charge in [0.1, 0.15) is 5.76 Å². The summed E-state index contributed by atoms with van der Waals surface area (Å²) in [6.07, 6.45) is 5.69. The number of furan rings is 1. The third kappa shape index (κ3) is 3.05. The first-order chi connectivity index (χ1) is 7.86. The van der Waals surface area contributed by atoms with Crippen LogP contribution < -0.4 is 5.32 Å². The molecule has 16 heavy (non-hydrogen) atoms. The number of rotatable bonds is 5. The zero-order chi connectivity index (χ0) is 11.2. The summed E-state index contributed by atoms with van der Waals surface area (Å²) < 4.78 is 5.18. The van der Waals surface area contributed by atoms with Gasteiger partial charge in [0.25, 0.3) is 0 Å². The largest absolute Gasteiger partial charge is 0.465 e. The molecule has 0 unspecified atom stereocenters. The molecule has 0 saturated heterocycles. The van der Waals surface area contributed by atoms with E-state index in [1.165, 1.54) is 4.88 Å². The lowest BCUT2D eigenvalue weighted by molar-refractivity contribution is 0.556. The van der Waals surface area contributed by atoms with Crippen LogP contribution in [0.2, 0.25) is 0 Å². The highest BCUT2D eigenvalue weighted by atomic mass is 32.1. The zero-order valence-electron chi connectivity index (χ0n) is 9.14. The van der Waals surface area contributed by atoms with Crippen molar-refractivity contribution in [2.75, 3.05) is 6.54 Å². The Morgan fingerprint density at radius 1 is 1.56 bits per heavy atom. The maximum Gasteiger partial charge on any atom is 0.126 e. The van der Waals surface area contributed by atoms with E-state index in [1.54, 1.807) is 17.6 Å². The quantitative estimate of drug-likeness (QED) is 0.808. The van der Waals surface area contributed by atoms with Gasteiger partial charge in [-0.15, -0.1) is 11.3 Å². The first-order valence-electron chi connectivity index (χ1n) is 5.16. The minimum absolute atomic E-state index is 0.831. The van der Waals surface area contributed by atoms with E-state index >= 15 is 0 Å². The Kier molecular flexibility index (Phi) is 3.91. The number of aryl methyl sites for hydroxylation is 1. The van der Waals surface area contributed by atoms with E-state index in [4.69, 9.17) is 4.42 Å². The van der Waals surface area contributed by atoms with E-state index < -0.39 is 0 Å². The van der Waals surface area contributed by atoms with Crippen molar-refractivity contribution in [2.45, 2.75) is 13.5 Å². The minimum Gasteiger partial charge on any atom is -0.465 e. The van der Waals surface area contributed by atoms with Gasteiger partial charge in [-0.05, 0) is 25.1 Å². The topological polar surface area (TPSA) is 38.1 Å². The summed E-state index contributed by atoms with van der Waals surface area (Å²) in [6, 6.07) is 3.82. The summed E-state index contributed by atoms with van der Waals surface area (Å²) in [7, 11) is 0. The number of thiazole rings is 1. The van der Waals surface area contributed by atoms with Crippen LogP contribution in [0, 0.1) is 6.92 Å². The van der Waals surface area contributed by atoms with Crippen LogP contribution in [0.4, 0.5) is 0 Å². The number of aromatic nitrogens is 1. The van der Waals surface area contributed by atoms with Crippen LogP contribution in [0.15, 0.2) is 34.4 Å². The smallest absolute Gasteiger partial charge is 0.126 e. The molecule has 0 atom stereocenters. The Balaban J connectivity index is 1.71. The van der Waals surface area contributed by atoms with Crippen molar-refractivity contribution in [1.29, 1.82) is 0 Å². The first-order valence-corrected chi connectivity index (χ1v) is 6.04. The monoisotopic (exact) mass is 234 g/mol. The molecule has 2 aromatic rings. The molecule has 0 bridgehead atoms. The molecular formula is C12H14N2OS. The fourth-order valence-electron chi connectivity index (χ4n) is 1.33. The van der Waals surface area contributed by atoms with E-state index in [2.05, 4.69) is 16.4 Å². The predicted molar refractivity (Wildman–Crippen MR) is 66.3 cm³/mol. The first kappa shape index (κ1) is 11.1. The van der Waals surface area contributed by atoms with E-state index in [0.29, 0.717) is 0 Å². The molecule has 0 saturated carbocycles. The second kappa shape index (κ2) is 5.63. The predicted octanol–water partition coefficient (Wildman–Crippen LogP) is 2.85. The summed E-state index contributed by atoms with van der Waals surface area (Å²) in [5.74, 6) is 0.885. The van der Waals surface area contributed by atoms with Crippen LogP contribution in [-0.4, -0.2) is 11.5 Å². The Labute approximate surface area is 98.8 Å². The third-order valence-electron chi connectivity index (χ3n) is 2.22. The van der Waals surface area contributed by atoms with Gasteiger partial charge >= 0.3 is 0 Å². The summed E-state index contributed by atoms with van der Waals surface area (Å²) in [4.78, 5) is 5.50. The zero-order valence-corrected chi connectivity index (χ0v) is 9.96. The Morgan fingerprint density at radius 2 is 2.50 bits per heavy atom. The second-order valence-corrected chi connectivity index (χ2v) is 4.35. The van der Waals surface area contributed by atoms with Crippen molar-refractivity contribution >= 4 is 17.4 Å². The van der Waals surface area contributed by atoms with Crippen molar-refractivity contribution in [3.63, 3.8) is 0 Å². The maximum atomic E-state index is 5.18. The lowest BCUT2D eigenvalue weighted by Crippen LogP contribution is -2.12. The number of nitrogens with zero attached hydrogens (tertiary/aromatic N) is 1. The van der Waals surface area contributed by atoms with Crippen LogP contribution in [0.3, 0.4) is 0 Å². The van der Waals surface area contributed by atoms with Gasteiger partial charge in [-0.3, -0.25) is 0 Å². The number of hydrogen-bond donors (Lipinski definition) is 1. The van der Waals surface area contributed by atoms with Gasteiger partial charge < -0.3 is 9.73 Å². The van der Waals surface area contributed by atoms with E-state index in [0.717, 1.165) is 24.5 Å². The molecule has 1 N–H and O–H groups in total. The maximum absolute atomic E-state index is 5.18. The summed E-state index contributed by atoms with van der Waals surface area (Å²) >= 11 is 1.69. The highest BCUT2D eigenvalue weighted by Gasteiger charge is 1.98. The molecule has 0 aliphatic rings. The molecule has 2 aromatic heterocycles. The van der Waals surface area contributed by atoms with Gasteiger partial charge in [-0.25, -0.2) is 4.98 Å². The van der Waals surface area contributed by atoms with Gasteiger partial charge in [0, 0.05) is 18.0 Å². The average molecular weight is 234 g/mol. The third-order valence-corrected chi connectivity index (χ3v) is 3.15. The summed E-state index contributed by atoms with van der Waals surface area (Å²) in [5, 5.41) is 3.33. The molecular weight excluding hydrogens is 220 g/mol. The van der Waals surface area contributed by atoms with Crippen LogP contribution in [-0.2, 0) is 6.54 Å². The molecule has 2 rings (SSSR count). The van der Waals surface area contributed by atoms with E-state index in [1.807, 2.05) is 30.6 Å². The lowest BCUT2D eigenvalue weighted by Gasteiger charge is -1.98. The lowest BCUT2D eigenvalue weighted by atomic mass is 10.3. The Bertz CT molecular complexity index is 445.